The summed E-state index contributed by atoms with van der Waals surface area (Å²) in [5, 5.41) is 0. The van der Waals surface area contributed by atoms with Crippen molar-refractivity contribution in [1.82, 2.24) is 9.80 Å². The number of rotatable bonds is 3. The number of amidine groups is 1. The van der Waals surface area contributed by atoms with E-state index in [2.05, 4.69) is 4.99 Å². The van der Waals surface area contributed by atoms with Crippen molar-refractivity contribution in [2.45, 2.75) is 0 Å². The minimum Gasteiger partial charge on any atom is -0.366 e. The zero-order chi connectivity index (χ0) is 20.7. The van der Waals surface area contributed by atoms with Gasteiger partial charge in [0.1, 0.15) is 18.2 Å². The number of fused-ring (bicyclic) bond motifs is 3. The predicted octanol–water partition coefficient (Wildman–Crippen LogP) is 2.18. The van der Waals surface area contributed by atoms with E-state index in [9.17, 15) is 14.0 Å². The quantitative estimate of drug-likeness (QED) is 0.784. The Kier molecular flexibility index (Phi) is 4.61. The Hall–Kier alpha value is -3.42. The third-order valence-corrected chi connectivity index (χ3v) is 5.86. The highest BCUT2D eigenvalue weighted by Gasteiger charge is 2.38. The molecule has 0 aromatic heterocycles. The number of para-hydroxylation sites is 2. The van der Waals surface area contributed by atoms with E-state index in [1.807, 2.05) is 35.2 Å². The van der Waals surface area contributed by atoms with Crippen LogP contribution in [0, 0.1) is 5.82 Å². The number of amides is 3. The molecule has 2 aromatic rings. The molecule has 0 aliphatic carbocycles. The largest absolute Gasteiger partial charge is 0.366 e. The normalized spacial score (nSPS) is 18.3. The molecular weight excluding hydrogens is 385 g/mol. The lowest BCUT2D eigenvalue weighted by atomic mass is 10.1. The van der Waals surface area contributed by atoms with Gasteiger partial charge in [-0.15, -0.1) is 0 Å². The fourth-order valence-electron chi connectivity index (χ4n) is 4.30. The van der Waals surface area contributed by atoms with Crippen LogP contribution in [-0.4, -0.2) is 73.4 Å². The molecule has 2 aromatic carbocycles. The number of hydrogen-bond acceptors (Lipinski definition) is 4. The topological polar surface area (TPSA) is 59.5 Å². The molecule has 3 aliphatic rings. The third kappa shape index (κ3) is 3.08. The Labute approximate surface area is 174 Å². The van der Waals surface area contributed by atoms with Gasteiger partial charge >= 0.3 is 6.03 Å². The maximum absolute atomic E-state index is 14.0. The molecule has 154 valence electrons. The van der Waals surface area contributed by atoms with Gasteiger partial charge in [-0.25, -0.2) is 9.18 Å². The second-order valence-corrected chi connectivity index (χ2v) is 7.56. The maximum Gasteiger partial charge on any atom is 0.330 e. The Balaban J connectivity index is 1.29. The Morgan fingerprint density at radius 2 is 1.63 bits per heavy atom. The molecule has 8 heteroatoms. The number of benzene rings is 2. The minimum atomic E-state index is -0.254. The smallest absolute Gasteiger partial charge is 0.330 e. The van der Waals surface area contributed by atoms with Crippen molar-refractivity contribution in [2.24, 2.45) is 4.99 Å². The number of carbonyl (C=O) groups excluding carboxylic acids is 2. The number of anilines is 2. The van der Waals surface area contributed by atoms with Gasteiger partial charge in [0, 0.05) is 38.3 Å². The first-order valence-corrected chi connectivity index (χ1v) is 10.1. The number of urea groups is 1. The number of carbonyl (C=O) groups is 2. The third-order valence-electron chi connectivity index (χ3n) is 5.86. The summed E-state index contributed by atoms with van der Waals surface area (Å²) >= 11 is 0. The summed E-state index contributed by atoms with van der Waals surface area (Å²) < 4.78 is 14.0. The lowest BCUT2D eigenvalue weighted by molar-refractivity contribution is -0.129. The van der Waals surface area contributed by atoms with Gasteiger partial charge < -0.3 is 9.80 Å². The number of piperazine rings is 1. The van der Waals surface area contributed by atoms with E-state index in [1.54, 1.807) is 26.8 Å². The summed E-state index contributed by atoms with van der Waals surface area (Å²) in [5.41, 5.74) is 2.16. The number of aliphatic imine (C=N–C) groups is 1. The van der Waals surface area contributed by atoms with Gasteiger partial charge in [0.25, 0.3) is 0 Å². The SMILES string of the molecule is O=C(CN1C(=O)N2CCN=C2c2ccccc21)N1CCN(c2ccccc2F)CC1. The molecule has 0 unspecified atom stereocenters. The summed E-state index contributed by atoms with van der Waals surface area (Å²) in [4.78, 5) is 37.4. The first-order chi connectivity index (χ1) is 14.6. The maximum atomic E-state index is 14.0. The summed E-state index contributed by atoms with van der Waals surface area (Å²) in [6, 6.07) is 14.0. The second kappa shape index (κ2) is 7.44. The van der Waals surface area contributed by atoms with Gasteiger partial charge in [0.05, 0.1) is 17.9 Å². The lowest BCUT2D eigenvalue weighted by Gasteiger charge is -2.39. The van der Waals surface area contributed by atoms with Gasteiger partial charge in [0.15, 0.2) is 0 Å². The molecule has 30 heavy (non-hydrogen) atoms. The molecule has 0 spiro atoms. The van der Waals surface area contributed by atoms with Crippen LogP contribution >= 0.6 is 0 Å². The van der Waals surface area contributed by atoms with Crippen molar-refractivity contribution in [3.8, 4) is 0 Å². The molecule has 7 nitrogen and oxygen atoms in total. The molecular formula is C22H22FN5O2. The highest BCUT2D eigenvalue weighted by atomic mass is 19.1. The van der Waals surface area contributed by atoms with Crippen molar-refractivity contribution in [2.75, 3.05) is 55.6 Å². The van der Waals surface area contributed by atoms with Crippen LogP contribution in [0.15, 0.2) is 53.5 Å². The summed E-state index contributed by atoms with van der Waals surface area (Å²) in [6.07, 6.45) is 0. The van der Waals surface area contributed by atoms with Crippen LogP contribution in [0.5, 0.6) is 0 Å². The van der Waals surface area contributed by atoms with E-state index < -0.39 is 0 Å². The van der Waals surface area contributed by atoms with Crippen molar-refractivity contribution in [1.29, 1.82) is 0 Å². The Bertz CT molecular complexity index is 1030. The van der Waals surface area contributed by atoms with Crippen LogP contribution < -0.4 is 9.80 Å². The molecule has 0 N–H and O–H groups in total. The van der Waals surface area contributed by atoms with Crippen LogP contribution in [0.2, 0.25) is 0 Å². The van der Waals surface area contributed by atoms with Gasteiger partial charge in [-0.1, -0.05) is 24.3 Å². The van der Waals surface area contributed by atoms with Crippen LogP contribution in [0.1, 0.15) is 5.56 Å². The standard InChI is InChI=1S/C22H22FN5O2/c23-17-6-2-4-8-19(17)25-11-13-26(14-12-25)20(29)15-28-18-7-3-1-5-16(18)21-24-9-10-27(21)22(28)30/h1-8H,9-15H2. The molecule has 0 bridgehead atoms. The van der Waals surface area contributed by atoms with E-state index in [1.165, 1.54) is 6.07 Å². The van der Waals surface area contributed by atoms with Crippen molar-refractivity contribution < 1.29 is 14.0 Å². The Morgan fingerprint density at radius 3 is 2.40 bits per heavy atom. The average molecular weight is 407 g/mol. The van der Waals surface area contributed by atoms with Crippen LogP contribution in [-0.2, 0) is 4.79 Å². The van der Waals surface area contributed by atoms with E-state index in [-0.39, 0.29) is 24.3 Å². The highest BCUT2D eigenvalue weighted by Crippen LogP contribution is 2.30. The van der Waals surface area contributed by atoms with E-state index in [4.69, 9.17) is 0 Å². The average Bonchev–Trinajstić information content (AvgIpc) is 3.27. The minimum absolute atomic E-state index is 0.0146. The Morgan fingerprint density at radius 1 is 0.933 bits per heavy atom. The molecule has 0 radical (unpaired) electrons. The fraction of sp³-hybridized carbons (Fsp3) is 0.318. The number of nitrogens with zero attached hydrogens (tertiary/aromatic N) is 5. The van der Waals surface area contributed by atoms with Crippen LogP contribution in [0.25, 0.3) is 0 Å². The van der Waals surface area contributed by atoms with Gasteiger partial charge in [-0.05, 0) is 24.3 Å². The molecule has 3 aliphatic heterocycles. The highest BCUT2D eigenvalue weighted by molar-refractivity contribution is 6.20. The molecule has 1 saturated heterocycles. The van der Waals surface area contributed by atoms with Gasteiger partial charge in [-0.2, -0.15) is 0 Å². The number of halogens is 1. The fourth-order valence-corrected chi connectivity index (χ4v) is 4.30. The molecule has 1 fully saturated rings. The van der Waals surface area contributed by atoms with Crippen molar-refractivity contribution in [3.05, 3.63) is 59.9 Å². The summed E-state index contributed by atoms with van der Waals surface area (Å²) in [6.45, 7) is 3.20. The zero-order valence-corrected chi connectivity index (χ0v) is 16.5. The van der Waals surface area contributed by atoms with Gasteiger partial charge in [-0.3, -0.25) is 19.6 Å². The monoisotopic (exact) mass is 407 g/mol. The first-order valence-electron chi connectivity index (χ1n) is 10.1. The molecule has 3 heterocycles. The van der Waals surface area contributed by atoms with Gasteiger partial charge in [0.2, 0.25) is 5.91 Å². The molecule has 0 atom stereocenters. The second-order valence-electron chi connectivity index (χ2n) is 7.56. The van der Waals surface area contributed by atoms with E-state index in [0.29, 0.717) is 50.8 Å². The van der Waals surface area contributed by atoms with Crippen molar-refractivity contribution in [3.63, 3.8) is 0 Å². The van der Waals surface area contributed by atoms with E-state index in [0.717, 1.165) is 11.3 Å². The molecule has 5 rings (SSSR count). The number of hydrogen-bond donors (Lipinski definition) is 0. The van der Waals surface area contributed by atoms with E-state index >= 15 is 0 Å². The first kappa shape index (κ1) is 18.6. The predicted molar refractivity (Wildman–Crippen MR) is 112 cm³/mol. The lowest BCUT2D eigenvalue weighted by Crippen LogP contribution is -2.55. The van der Waals surface area contributed by atoms with Crippen molar-refractivity contribution >= 4 is 29.1 Å². The van der Waals surface area contributed by atoms with Crippen LogP contribution in [0.3, 0.4) is 0 Å². The summed E-state index contributed by atoms with van der Waals surface area (Å²) in [5.74, 6) is 0.333. The molecule has 0 saturated carbocycles. The summed E-state index contributed by atoms with van der Waals surface area (Å²) in [7, 11) is 0. The molecule has 3 amide bonds. The van der Waals surface area contributed by atoms with Crippen LogP contribution in [0.4, 0.5) is 20.6 Å². The zero-order valence-electron chi connectivity index (χ0n) is 16.5.